The van der Waals surface area contributed by atoms with Crippen LogP contribution in [0.1, 0.15) is 16.1 Å². The molecule has 6 nitrogen and oxygen atoms in total. The number of halogens is 3. The van der Waals surface area contributed by atoms with Gasteiger partial charge in [-0.15, -0.1) is 0 Å². The lowest BCUT2D eigenvalue weighted by atomic mass is 10.2. The number of carbonyl (C=O) groups is 1. The highest BCUT2D eigenvalue weighted by molar-refractivity contribution is 5.93. The average molecular weight is 300 g/mol. The van der Waals surface area contributed by atoms with Gasteiger partial charge >= 0.3 is 12.1 Å². The number of alkyl halides is 3. The summed E-state index contributed by atoms with van der Waals surface area (Å²) in [5, 5.41) is 15.5. The number of aromatic nitrogens is 3. The summed E-state index contributed by atoms with van der Waals surface area (Å²) in [6, 6.07) is 3.22. The van der Waals surface area contributed by atoms with Crippen LogP contribution in [0.25, 0.3) is 0 Å². The normalized spacial score (nSPS) is 11.4. The molecule has 9 heteroatoms. The van der Waals surface area contributed by atoms with Gasteiger partial charge in [0.15, 0.2) is 0 Å². The van der Waals surface area contributed by atoms with Gasteiger partial charge in [0.25, 0.3) is 0 Å². The highest BCUT2D eigenvalue weighted by atomic mass is 19.4. The molecule has 0 spiro atoms. The maximum Gasteiger partial charge on any atom is 0.433 e. The standard InChI is InChI=1S/C12H11F3N4O2/c13-12(14,15)9-3-2-8(11(20)21)10(18-9)16-5-7-19-6-1-4-17-19/h1-4,6H,5,7H2,(H,16,18)(H,20,21). The van der Waals surface area contributed by atoms with E-state index in [1.165, 1.54) is 0 Å². The van der Waals surface area contributed by atoms with Gasteiger partial charge < -0.3 is 10.4 Å². The predicted molar refractivity (Wildman–Crippen MR) is 66.9 cm³/mol. The molecule has 0 amide bonds. The molecule has 2 N–H and O–H groups in total. The molecule has 21 heavy (non-hydrogen) atoms. The summed E-state index contributed by atoms with van der Waals surface area (Å²) in [5.41, 5.74) is -1.46. The van der Waals surface area contributed by atoms with Crippen molar-refractivity contribution >= 4 is 11.8 Å². The minimum atomic E-state index is -4.63. The number of nitrogens with zero attached hydrogens (tertiary/aromatic N) is 3. The Bertz CT molecular complexity index is 626. The fourth-order valence-corrected chi connectivity index (χ4v) is 1.65. The molecule has 0 fully saturated rings. The molecule has 112 valence electrons. The van der Waals surface area contributed by atoms with Crippen LogP contribution >= 0.6 is 0 Å². The van der Waals surface area contributed by atoms with Crippen LogP contribution in [0.4, 0.5) is 19.0 Å². The number of anilines is 1. The Balaban J connectivity index is 2.16. The Morgan fingerprint density at radius 2 is 2.14 bits per heavy atom. The number of carboxylic acid groups (broad SMARTS) is 1. The molecule has 0 unspecified atom stereocenters. The molecule has 0 aromatic carbocycles. The lowest BCUT2D eigenvalue weighted by Gasteiger charge is -2.12. The van der Waals surface area contributed by atoms with Crippen LogP contribution in [0.15, 0.2) is 30.6 Å². The first-order valence-electron chi connectivity index (χ1n) is 5.91. The molecule has 0 aliphatic rings. The Morgan fingerprint density at radius 1 is 1.38 bits per heavy atom. The van der Waals surface area contributed by atoms with E-state index in [4.69, 9.17) is 5.11 Å². The number of carboxylic acids is 1. The Labute approximate surface area is 117 Å². The molecule has 0 aliphatic carbocycles. The van der Waals surface area contributed by atoms with E-state index in [-0.39, 0.29) is 17.9 Å². The van der Waals surface area contributed by atoms with E-state index in [1.807, 2.05) is 0 Å². The van der Waals surface area contributed by atoms with Crippen LogP contribution in [0.3, 0.4) is 0 Å². The minimum absolute atomic E-state index is 0.191. The summed E-state index contributed by atoms with van der Waals surface area (Å²) in [7, 11) is 0. The molecule has 0 aliphatic heterocycles. The molecule has 2 aromatic heterocycles. The smallest absolute Gasteiger partial charge is 0.433 e. The van der Waals surface area contributed by atoms with Crippen molar-refractivity contribution in [3.05, 3.63) is 41.9 Å². The van der Waals surface area contributed by atoms with Gasteiger partial charge in [0.05, 0.1) is 6.54 Å². The van der Waals surface area contributed by atoms with Gasteiger partial charge in [-0.05, 0) is 18.2 Å². The fraction of sp³-hybridized carbons (Fsp3) is 0.250. The zero-order chi connectivity index (χ0) is 15.5. The molecule has 0 radical (unpaired) electrons. The first-order valence-corrected chi connectivity index (χ1v) is 5.91. The summed E-state index contributed by atoms with van der Waals surface area (Å²) in [4.78, 5) is 14.3. The van der Waals surface area contributed by atoms with E-state index < -0.39 is 17.8 Å². The fourth-order valence-electron chi connectivity index (χ4n) is 1.65. The lowest BCUT2D eigenvalue weighted by Crippen LogP contribution is -2.17. The van der Waals surface area contributed by atoms with Crippen molar-refractivity contribution in [2.24, 2.45) is 0 Å². The topological polar surface area (TPSA) is 80.0 Å². The second-order valence-electron chi connectivity index (χ2n) is 4.09. The molecule has 0 saturated heterocycles. The third kappa shape index (κ3) is 3.71. The second-order valence-corrected chi connectivity index (χ2v) is 4.09. The van der Waals surface area contributed by atoms with Gasteiger partial charge in [0.1, 0.15) is 17.1 Å². The zero-order valence-electron chi connectivity index (χ0n) is 10.6. The van der Waals surface area contributed by atoms with Gasteiger partial charge in [0.2, 0.25) is 0 Å². The molecule has 0 saturated carbocycles. The summed E-state index contributed by atoms with van der Waals surface area (Å²) in [6.45, 7) is 0.556. The van der Waals surface area contributed by atoms with E-state index in [0.717, 1.165) is 6.07 Å². The van der Waals surface area contributed by atoms with E-state index in [0.29, 0.717) is 12.6 Å². The van der Waals surface area contributed by atoms with Crippen LogP contribution in [-0.2, 0) is 12.7 Å². The number of rotatable bonds is 5. The third-order valence-corrected chi connectivity index (χ3v) is 2.61. The summed E-state index contributed by atoms with van der Waals surface area (Å²) < 4.78 is 39.3. The molecule has 2 heterocycles. The van der Waals surface area contributed by atoms with Gasteiger partial charge in [-0.2, -0.15) is 18.3 Å². The highest BCUT2D eigenvalue weighted by Gasteiger charge is 2.33. The molecule has 0 bridgehead atoms. The van der Waals surface area contributed by atoms with Crippen molar-refractivity contribution in [1.29, 1.82) is 0 Å². The zero-order valence-corrected chi connectivity index (χ0v) is 10.6. The monoisotopic (exact) mass is 300 g/mol. The van der Waals surface area contributed by atoms with Crippen LogP contribution in [0.2, 0.25) is 0 Å². The SMILES string of the molecule is O=C(O)c1ccc(C(F)(F)F)nc1NCCn1cccn1. The first kappa shape index (κ1) is 14.8. The Kier molecular flexibility index (Phi) is 4.10. The van der Waals surface area contributed by atoms with Crippen LogP contribution < -0.4 is 5.32 Å². The van der Waals surface area contributed by atoms with Crippen molar-refractivity contribution in [1.82, 2.24) is 14.8 Å². The van der Waals surface area contributed by atoms with Crippen molar-refractivity contribution in [2.45, 2.75) is 12.7 Å². The van der Waals surface area contributed by atoms with Crippen molar-refractivity contribution in [2.75, 3.05) is 11.9 Å². The quantitative estimate of drug-likeness (QED) is 0.884. The molecule has 2 aromatic rings. The van der Waals surface area contributed by atoms with Crippen molar-refractivity contribution in [3.63, 3.8) is 0 Å². The van der Waals surface area contributed by atoms with Crippen molar-refractivity contribution < 1.29 is 23.1 Å². The molecule has 2 rings (SSSR count). The van der Waals surface area contributed by atoms with Gasteiger partial charge in [-0.25, -0.2) is 9.78 Å². The largest absolute Gasteiger partial charge is 0.478 e. The minimum Gasteiger partial charge on any atom is -0.478 e. The Hall–Kier alpha value is -2.58. The van der Waals surface area contributed by atoms with Crippen LogP contribution in [0, 0.1) is 0 Å². The number of pyridine rings is 1. The second kappa shape index (κ2) is 5.81. The highest BCUT2D eigenvalue weighted by Crippen LogP contribution is 2.29. The third-order valence-electron chi connectivity index (χ3n) is 2.61. The van der Waals surface area contributed by atoms with Crippen LogP contribution in [0.5, 0.6) is 0 Å². The van der Waals surface area contributed by atoms with E-state index in [2.05, 4.69) is 15.4 Å². The van der Waals surface area contributed by atoms with Gasteiger partial charge in [0, 0.05) is 18.9 Å². The molecular weight excluding hydrogens is 289 g/mol. The van der Waals surface area contributed by atoms with Crippen LogP contribution in [-0.4, -0.2) is 32.4 Å². The number of aromatic carboxylic acids is 1. The number of hydrogen-bond acceptors (Lipinski definition) is 4. The maximum absolute atomic E-state index is 12.6. The lowest BCUT2D eigenvalue weighted by molar-refractivity contribution is -0.141. The number of hydrogen-bond donors (Lipinski definition) is 2. The summed E-state index contributed by atoms with van der Waals surface area (Å²) >= 11 is 0. The summed E-state index contributed by atoms with van der Waals surface area (Å²) in [6.07, 6.45) is -1.39. The Morgan fingerprint density at radius 3 is 2.71 bits per heavy atom. The molecular formula is C12H11F3N4O2. The van der Waals surface area contributed by atoms with E-state index >= 15 is 0 Å². The molecule has 0 atom stereocenters. The average Bonchev–Trinajstić information content (AvgIpc) is 2.90. The van der Waals surface area contributed by atoms with Gasteiger partial charge in [-0.1, -0.05) is 0 Å². The predicted octanol–water partition coefficient (Wildman–Crippen LogP) is 2.11. The van der Waals surface area contributed by atoms with E-state index in [1.54, 1.807) is 23.1 Å². The van der Waals surface area contributed by atoms with Crippen molar-refractivity contribution in [3.8, 4) is 0 Å². The van der Waals surface area contributed by atoms with Gasteiger partial charge in [-0.3, -0.25) is 4.68 Å². The summed E-state index contributed by atoms with van der Waals surface area (Å²) in [5.74, 6) is -1.66. The maximum atomic E-state index is 12.6. The van der Waals surface area contributed by atoms with E-state index in [9.17, 15) is 18.0 Å². The number of nitrogens with one attached hydrogen (secondary N) is 1. The first-order chi connectivity index (χ1) is 9.88.